The van der Waals surface area contributed by atoms with Gasteiger partial charge in [-0.2, -0.15) is 0 Å². The molecule has 35 heavy (non-hydrogen) atoms. The number of pyridine rings is 3. The van der Waals surface area contributed by atoms with Gasteiger partial charge in [0.25, 0.3) is 0 Å². The fourth-order valence-corrected chi connectivity index (χ4v) is 3.26. The standard InChI is InChI=1S/C17H10F3N2.C11H8N.Ir/c1-10-8-15(12-2-3-14(18)17(20)16(12)19)22-9-13(10)11-4-6-21-7-5-11;1-2-6-10(7-3-1)11-8-4-5-9-12-11;/h3-9H,1H3;1-6,8-9H;/q2*-1;. The fourth-order valence-electron chi connectivity index (χ4n) is 3.26. The summed E-state index contributed by atoms with van der Waals surface area (Å²) in [6, 6.07) is 25.2. The zero-order chi connectivity index (χ0) is 23.9. The van der Waals surface area contributed by atoms with Gasteiger partial charge in [0.2, 0.25) is 0 Å². The number of aryl methyl sites for hydroxylation is 1. The van der Waals surface area contributed by atoms with E-state index in [4.69, 9.17) is 0 Å². The minimum Gasteiger partial charge on any atom is -0.305 e. The minimum atomic E-state index is -1.52. The molecular weight excluding hydrogens is 628 g/mol. The monoisotopic (exact) mass is 646 g/mol. The van der Waals surface area contributed by atoms with Crippen molar-refractivity contribution in [3.63, 3.8) is 0 Å². The first-order chi connectivity index (χ1) is 16.5. The number of hydrogen-bond acceptors (Lipinski definition) is 3. The first kappa shape index (κ1) is 25.9. The molecular formula is C28H18F3IrN3-2. The van der Waals surface area contributed by atoms with E-state index in [0.29, 0.717) is 0 Å². The van der Waals surface area contributed by atoms with Crippen LogP contribution in [0.25, 0.3) is 33.6 Å². The second kappa shape index (κ2) is 12.2. The van der Waals surface area contributed by atoms with E-state index in [1.165, 1.54) is 0 Å². The van der Waals surface area contributed by atoms with Gasteiger partial charge in [-0.25, -0.2) is 4.39 Å². The van der Waals surface area contributed by atoms with Gasteiger partial charge in [-0.3, -0.25) is 13.8 Å². The first-order valence-electron chi connectivity index (χ1n) is 10.4. The quantitative estimate of drug-likeness (QED) is 0.159. The number of benzene rings is 2. The van der Waals surface area contributed by atoms with Crippen molar-refractivity contribution in [1.29, 1.82) is 0 Å². The van der Waals surface area contributed by atoms with Gasteiger partial charge < -0.3 is 9.97 Å². The van der Waals surface area contributed by atoms with Crippen LogP contribution in [0.2, 0.25) is 0 Å². The predicted octanol–water partition coefficient (Wildman–Crippen LogP) is 6.88. The van der Waals surface area contributed by atoms with Gasteiger partial charge in [0.15, 0.2) is 0 Å². The Bertz CT molecular complexity index is 1350. The molecule has 5 rings (SSSR count). The predicted molar refractivity (Wildman–Crippen MR) is 125 cm³/mol. The molecule has 0 aliphatic heterocycles. The van der Waals surface area contributed by atoms with Gasteiger partial charge >= 0.3 is 0 Å². The van der Waals surface area contributed by atoms with Gasteiger partial charge in [0.1, 0.15) is 5.82 Å². The molecule has 1 radical (unpaired) electrons. The second-order valence-electron chi connectivity index (χ2n) is 7.25. The van der Waals surface area contributed by atoms with Crippen molar-refractivity contribution >= 4 is 0 Å². The Balaban J connectivity index is 0.000000223. The second-order valence-corrected chi connectivity index (χ2v) is 7.25. The van der Waals surface area contributed by atoms with Gasteiger partial charge in [0.05, 0.1) is 11.6 Å². The summed E-state index contributed by atoms with van der Waals surface area (Å²) in [4.78, 5) is 12.3. The number of halogens is 3. The molecule has 0 saturated heterocycles. The van der Waals surface area contributed by atoms with Crippen molar-refractivity contribution in [3.8, 4) is 33.6 Å². The van der Waals surface area contributed by atoms with E-state index < -0.39 is 17.5 Å². The van der Waals surface area contributed by atoms with Crippen LogP contribution in [-0.2, 0) is 20.1 Å². The van der Waals surface area contributed by atoms with E-state index in [9.17, 15) is 13.2 Å². The van der Waals surface area contributed by atoms with Crippen LogP contribution in [0.15, 0.2) is 91.5 Å². The van der Waals surface area contributed by atoms with E-state index in [2.05, 4.69) is 27.1 Å². The molecule has 0 N–H and O–H groups in total. The van der Waals surface area contributed by atoms with Crippen molar-refractivity contribution in [1.82, 2.24) is 15.0 Å². The maximum absolute atomic E-state index is 13.8. The Labute approximate surface area is 215 Å². The van der Waals surface area contributed by atoms with E-state index in [1.807, 2.05) is 61.5 Å². The Morgan fingerprint density at radius 2 is 1.54 bits per heavy atom. The molecule has 3 heterocycles. The summed E-state index contributed by atoms with van der Waals surface area (Å²) < 4.78 is 40.1. The molecule has 7 heteroatoms. The molecule has 2 aromatic carbocycles. The molecule has 3 aromatic heterocycles. The van der Waals surface area contributed by atoms with Crippen LogP contribution in [0.4, 0.5) is 13.2 Å². The largest absolute Gasteiger partial charge is 0.305 e. The number of nitrogens with zero attached hydrogens (tertiary/aromatic N) is 3. The molecule has 0 saturated carbocycles. The zero-order valence-corrected chi connectivity index (χ0v) is 20.9. The molecule has 0 unspecified atom stereocenters. The van der Waals surface area contributed by atoms with Gasteiger partial charge in [0, 0.05) is 50.5 Å². The Kier molecular flexibility index (Phi) is 9.01. The zero-order valence-electron chi connectivity index (χ0n) is 18.5. The first-order valence-corrected chi connectivity index (χ1v) is 10.4. The molecule has 0 amide bonds. The SMILES string of the molecule is Cc1cc(-c2[c-]cc(F)c(F)c2F)ncc1-c1ccncc1.[Ir].[c-]1ccccc1-c1ccccn1. The Hall–Kier alpha value is -3.67. The summed E-state index contributed by atoms with van der Waals surface area (Å²) in [5, 5.41) is 0. The average Bonchev–Trinajstić information content (AvgIpc) is 2.89. The van der Waals surface area contributed by atoms with Gasteiger partial charge in [-0.1, -0.05) is 23.8 Å². The van der Waals surface area contributed by atoms with Gasteiger partial charge in [-0.05, 0) is 47.6 Å². The molecule has 5 aromatic rings. The fraction of sp³-hybridized carbons (Fsp3) is 0.0357. The van der Waals surface area contributed by atoms with Crippen molar-refractivity contribution in [3.05, 3.63) is 127 Å². The van der Waals surface area contributed by atoms with Crippen LogP contribution in [0, 0.1) is 36.5 Å². The van der Waals surface area contributed by atoms with Crippen molar-refractivity contribution in [2.75, 3.05) is 0 Å². The normalized spacial score (nSPS) is 10.1. The van der Waals surface area contributed by atoms with Crippen LogP contribution < -0.4 is 0 Å². The topological polar surface area (TPSA) is 38.7 Å². The number of hydrogen-bond donors (Lipinski definition) is 0. The van der Waals surface area contributed by atoms with E-state index in [1.54, 1.807) is 30.9 Å². The van der Waals surface area contributed by atoms with Crippen LogP contribution in [-0.4, -0.2) is 15.0 Å². The molecule has 0 aliphatic rings. The summed E-state index contributed by atoms with van der Waals surface area (Å²) in [6.45, 7) is 1.83. The number of aromatic nitrogens is 3. The van der Waals surface area contributed by atoms with Crippen LogP contribution in [0.5, 0.6) is 0 Å². The van der Waals surface area contributed by atoms with Crippen LogP contribution in [0.3, 0.4) is 0 Å². The summed E-state index contributed by atoms with van der Waals surface area (Å²) >= 11 is 0. The van der Waals surface area contributed by atoms with Crippen molar-refractivity contribution in [2.45, 2.75) is 6.92 Å². The van der Waals surface area contributed by atoms with Crippen LogP contribution >= 0.6 is 0 Å². The third-order valence-corrected chi connectivity index (χ3v) is 4.97. The van der Waals surface area contributed by atoms with E-state index >= 15 is 0 Å². The molecule has 0 atom stereocenters. The number of rotatable bonds is 3. The molecule has 177 valence electrons. The molecule has 0 fully saturated rings. The summed E-state index contributed by atoms with van der Waals surface area (Å²) in [5.41, 5.74) is 4.62. The third-order valence-electron chi connectivity index (χ3n) is 4.97. The maximum Gasteiger partial charge on any atom is 0.111 e. The Morgan fingerprint density at radius 1 is 0.771 bits per heavy atom. The summed E-state index contributed by atoms with van der Waals surface area (Å²) in [7, 11) is 0. The van der Waals surface area contributed by atoms with E-state index in [-0.39, 0.29) is 31.4 Å². The molecule has 3 nitrogen and oxygen atoms in total. The summed E-state index contributed by atoms with van der Waals surface area (Å²) in [6.07, 6.45) is 6.67. The van der Waals surface area contributed by atoms with Crippen molar-refractivity contribution < 1.29 is 33.3 Å². The molecule has 0 aliphatic carbocycles. The smallest absolute Gasteiger partial charge is 0.111 e. The Morgan fingerprint density at radius 3 is 2.20 bits per heavy atom. The molecule has 0 spiro atoms. The van der Waals surface area contributed by atoms with E-state index in [0.717, 1.165) is 34.0 Å². The minimum absolute atomic E-state index is 0. The molecule has 0 bridgehead atoms. The van der Waals surface area contributed by atoms with Crippen molar-refractivity contribution in [2.24, 2.45) is 0 Å². The van der Waals surface area contributed by atoms with Crippen LogP contribution in [0.1, 0.15) is 5.56 Å². The third kappa shape index (κ3) is 6.27. The summed E-state index contributed by atoms with van der Waals surface area (Å²) in [5.74, 6) is -4.08. The maximum atomic E-state index is 13.8. The average molecular weight is 646 g/mol. The van der Waals surface area contributed by atoms with Gasteiger partial charge in [-0.15, -0.1) is 48.0 Å².